The number of aromatic hydroxyl groups is 1. The van der Waals surface area contributed by atoms with Crippen molar-refractivity contribution >= 4 is 0 Å². The van der Waals surface area contributed by atoms with Gasteiger partial charge in [-0.2, -0.15) is 0 Å². The third-order valence-corrected chi connectivity index (χ3v) is 2.39. The second-order valence-corrected chi connectivity index (χ2v) is 3.77. The first-order valence-corrected chi connectivity index (χ1v) is 5.43. The van der Waals surface area contributed by atoms with Gasteiger partial charge in [0.2, 0.25) is 0 Å². The van der Waals surface area contributed by atoms with Crippen LogP contribution in [0.15, 0.2) is 18.2 Å². The third kappa shape index (κ3) is 2.28. The van der Waals surface area contributed by atoms with Crippen molar-refractivity contribution in [2.24, 2.45) is 0 Å². The van der Waals surface area contributed by atoms with Crippen molar-refractivity contribution < 1.29 is 19.3 Å². The van der Waals surface area contributed by atoms with Crippen molar-refractivity contribution in [1.82, 2.24) is 0 Å². The maximum atomic E-state index is 9.55. The molecule has 1 heterocycles. The molecule has 1 aromatic rings. The lowest BCUT2D eigenvalue weighted by molar-refractivity contribution is -0.0573. The number of hydrogen-bond donors (Lipinski definition) is 1. The van der Waals surface area contributed by atoms with Crippen molar-refractivity contribution in [1.29, 1.82) is 0 Å². The maximum absolute atomic E-state index is 9.55. The molecule has 0 radical (unpaired) electrons. The minimum absolute atomic E-state index is 0.106. The van der Waals surface area contributed by atoms with E-state index in [2.05, 4.69) is 0 Å². The topological polar surface area (TPSA) is 47.9 Å². The van der Waals surface area contributed by atoms with E-state index in [4.69, 9.17) is 14.2 Å². The molecule has 0 spiro atoms. The van der Waals surface area contributed by atoms with Crippen molar-refractivity contribution in [3.05, 3.63) is 23.8 Å². The Morgan fingerprint density at radius 1 is 1.50 bits per heavy atom. The molecule has 1 aromatic carbocycles. The van der Waals surface area contributed by atoms with Crippen LogP contribution >= 0.6 is 0 Å². The predicted octanol–water partition coefficient (Wildman–Crippen LogP) is 2.22. The number of hydrogen-bond acceptors (Lipinski definition) is 4. The van der Waals surface area contributed by atoms with Gasteiger partial charge in [-0.25, -0.2) is 0 Å². The number of phenols is 1. The molecule has 1 aliphatic rings. The van der Waals surface area contributed by atoms with Gasteiger partial charge in [-0.3, -0.25) is 0 Å². The molecule has 0 aromatic heterocycles. The first-order valence-electron chi connectivity index (χ1n) is 5.43. The van der Waals surface area contributed by atoms with Crippen molar-refractivity contribution in [3.8, 4) is 11.5 Å². The van der Waals surface area contributed by atoms with Crippen LogP contribution in [0.4, 0.5) is 0 Å². The van der Waals surface area contributed by atoms with Crippen LogP contribution in [-0.4, -0.2) is 24.4 Å². The maximum Gasteiger partial charge on any atom is 0.184 e. The minimum Gasteiger partial charge on any atom is -0.504 e. The fourth-order valence-corrected chi connectivity index (χ4v) is 1.64. The van der Waals surface area contributed by atoms with Crippen molar-refractivity contribution in [2.75, 3.05) is 13.2 Å². The van der Waals surface area contributed by atoms with Gasteiger partial charge in [0, 0.05) is 5.56 Å². The smallest absolute Gasteiger partial charge is 0.184 e. The molecule has 0 bridgehead atoms. The molecule has 4 nitrogen and oxygen atoms in total. The number of benzene rings is 1. The SMILES string of the molecule is CCOc1cc([C@@H]2OC[C@@H](C)O2)ccc1O. The Morgan fingerprint density at radius 3 is 2.94 bits per heavy atom. The summed E-state index contributed by atoms with van der Waals surface area (Å²) in [7, 11) is 0. The van der Waals surface area contributed by atoms with Gasteiger partial charge in [0.25, 0.3) is 0 Å². The van der Waals surface area contributed by atoms with Crippen LogP contribution in [-0.2, 0) is 9.47 Å². The molecule has 16 heavy (non-hydrogen) atoms. The third-order valence-electron chi connectivity index (χ3n) is 2.39. The molecule has 2 rings (SSSR count). The van der Waals surface area contributed by atoms with Crippen molar-refractivity contribution in [2.45, 2.75) is 26.2 Å². The summed E-state index contributed by atoms with van der Waals surface area (Å²) >= 11 is 0. The Morgan fingerprint density at radius 2 is 2.31 bits per heavy atom. The summed E-state index contributed by atoms with van der Waals surface area (Å²) < 4.78 is 16.3. The van der Waals surface area contributed by atoms with E-state index >= 15 is 0 Å². The van der Waals surface area contributed by atoms with Gasteiger partial charge >= 0.3 is 0 Å². The zero-order valence-electron chi connectivity index (χ0n) is 9.47. The van der Waals surface area contributed by atoms with Crippen LogP contribution in [0.2, 0.25) is 0 Å². The number of ether oxygens (including phenoxy) is 3. The molecule has 4 heteroatoms. The molecule has 0 unspecified atom stereocenters. The van der Waals surface area contributed by atoms with E-state index in [1.165, 1.54) is 0 Å². The average Bonchev–Trinajstić information content (AvgIpc) is 2.69. The van der Waals surface area contributed by atoms with Gasteiger partial charge in [0.1, 0.15) is 0 Å². The molecular formula is C12H16O4. The minimum atomic E-state index is -0.352. The van der Waals surface area contributed by atoms with Crippen LogP contribution in [0.3, 0.4) is 0 Å². The first kappa shape index (κ1) is 11.2. The monoisotopic (exact) mass is 224 g/mol. The highest BCUT2D eigenvalue weighted by molar-refractivity contribution is 5.42. The second-order valence-electron chi connectivity index (χ2n) is 3.77. The van der Waals surface area contributed by atoms with E-state index in [0.29, 0.717) is 19.0 Å². The molecule has 0 saturated carbocycles. The molecule has 0 amide bonds. The highest BCUT2D eigenvalue weighted by Crippen LogP contribution is 2.33. The summed E-state index contributed by atoms with van der Waals surface area (Å²) in [4.78, 5) is 0. The molecule has 0 aliphatic carbocycles. The quantitative estimate of drug-likeness (QED) is 0.855. The second kappa shape index (κ2) is 4.72. The van der Waals surface area contributed by atoms with Crippen LogP contribution in [0, 0.1) is 0 Å². The Bertz CT molecular complexity index is 364. The fraction of sp³-hybridized carbons (Fsp3) is 0.500. The Labute approximate surface area is 94.8 Å². The Kier molecular flexibility index (Phi) is 3.31. The van der Waals surface area contributed by atoms with E-state index in [9.17, 15) is 5.11 Å². The average molecular weight is 224 g/mol. The molecule has 88 valence electrons. The van der Waals surface area contributed by atoms with Gasteiger partial charge in [-0.05, 0) is 26.0 Å². The standard InChI is InChI=1S/C12H16O4/c1-3-14-11-6-9(4-5-10(11)13)12-15-7-8(2)16-12/h4-6,8,12-13H,3,7H2,1-2H3/t8-,12-/m1/s1. The normalized spacial score (nSPS) is 24.6. The van der Waals surface area contributed by atoms with Gasteiger partial charge in [-0.1, -0.05) is 6.07 Å². The molecule has 2 atom stereocenters. The summed E-state index contributed by atoms with van der Waals surface area (Å²) in [6.45, 7) is 4.94. The van der Waals surface area contributed by atoms with Crippen LogP contribution < -0.4 is 4.74 Å². The Balaban J connectivity index is 2.18. The summed E-state index contributed by atoms with van der Waals surface area (Å²) in [5.41, 5.74) is 0.866. The predicted molar refractivity (Wildman–Crippen MR) is 58.5 cm³/mol. The largest absolute Gasteiger partial charge is 0.504 e. The van der Waals surface area contributed by atoms with E-state index in [0.717, 1.165) is 5.56 Å². The van der Waals surface area contributed by atoms with E-state index < -0.39 is 0 Å². The molecule has 1 fully saturated rings. The summed E-state index contributed by atoms with van der Waals surface area (Å²) in [5, 5.41) is 9.55. The van der Waals surface area contributed by atoms with Gasteiger partial charge in [0.05, 0.1) is 19.3 Å². The number of rotatable bonds is 3. The molecule has 1 N–H and O–H groups in total. The highest BCUT2D eigenvalue weighted by atomic mass is 16.7. The van der Waals surface area contributed by atoms with Gasteiger partial charge in [0.15, 0.2) is 17.8 Å². The van der Waals surface area contributed by atoms with E-state index in [-0.39, 0.29) is 18.1 Å². The van der Waals surface area contributed by atoms with Crippen LogP contribution in [0.1, 0.15) is 25.7 Å². The molecule has 1 saturated heterocycles. The lowest BCUT2D eigenvalue weighted by Gasteiger charge is -2.12. The van der Waals surface area contributed by atoms with E-state index in [1.807, 2.05) is 13.8 Å². The highest BCUT2D eigenvalue weighted by Gasteiger charge is 2.24. The summed E-state index contributed by atoms with van der Waals surface area (Å²) in [6.07, 6.45) is -0.246. The van der Waals surface area contributed by atoms with Crippen LogP contribution in [0.5, 0.6) is 11.5 Å². The molecular weight excluding hydrogens is 208 g/mol. The first-order chi connectivity index (χ1) is 7.70. The van der Waals surface area contributed by atoms with Crippen molar-refractivity contribution in [3.63, 3.8) is 0 Å². The van der Waals surface area contributed by atoms with Gasteiger partial charge < -0.3 is 19.3 Å². The summed E-state index contributed by atoms with van der Waals surface area (Å²) in [5.74, 6) is 0.600. The summed E-state index contributed by atoms with van der Waals surface area (Å²) in [6, 6.07) is 5.12. The zero-order valence-corrected chi connectivity index (χ0v) is 9.47. The number of phenolic OH excluding ortho intramolecular Hbond substituents is 1. The lowest BCUT2D eigenvalue weighted by Crippen LogP contribution is -2.03. The van der Waals surface area contributed by atoms with Gasteiger partial charge in [-0.15, -0.1) is 0 Å². The van der Waals surface area contributed by atoms with Crippen LogP contribution in [0.25, 0.3) is 0 Å². The molecule has 1 aliphatic heterocycles. The lowest BCUT2D eigenvalue weighted by atomic mass is 10.2. The fourth-order valence-electron chi connectivity index (χ4n) is 1.64. The Hall–Kier alpha value is -1.26. The van der Waals surface area contributed by atoms with E-state index in [1.54, 1.807) is 18.2 Å². The zero-order chi connectivity index (χ0) is 11.5.